The molecular weight excluding hydrogens is 276 g/mol. The van der Waals surface area contributed by atoms with Crippen LogP contribution in [0.2, 0.25) is 0 Å². The molecule has 1 heterocycles. The van der Waals surface area contributed by atoms with Crippen LogP contribution in [0.3, 0.4) is 0 Å². The molecule has 1 atom stereocenters. The maximum Gasteiger partial charge on any atom is 0.0229 e. The van der Waals surface area contributed by atoms with E-state index >= 15 is 0 Å². The number of aryl methyl sites for hydroxylation is 1. The molecule has 1 aromatic carbocycles. The molecule has 1 aliphatic heterocycles. The molecule has 1 N–H and O–H groups in total. The van der Waals surface area contributed by atoms with Crippen molar-refractivity contribution in [3.63, 3.8) is 0 Å². The molecular formula is C14H21BrN2. The van der Waals surface area contributed by atoms with Gasteiger partial charge in [-0.15, -0.1) is 0 Å². The molecule has 0 aromatic heterocycles. The highest BCUT2D eigenvalue weighted by molar-refractivity contribution is 9.10. The van der Waals surface area contributed by atoms with Gasteiger partial charge in [0.25, 0.3) is 0 Å². The van der Waals surface area contributed by atoms with Gasteiger partial charge >= 0.3 is 0 Å². The summed E-state index contributed by atoms with van der Waals surface area (Å²) in [4.78, 5) is 2.49. The van der Waals surface area contributed by atoms with Gasteiger partial charge < -0.3 is 10.2 Å². The summed E-state index contributed by atoms with van der Waals surface area (Å²) < 4.78 is 1.18. The van der Waals surface area contributed by atoms with Gasteiger partial charge in [0.15, 0.2) is 0 Å². The van der Waals surface area contributed by atoms with Crippen molar-refractivity contribution < 1.29 is 0 Å². The molecule has 0 bridgehead atoms. The zero-order valence-corrected chi connectivity index (χ0v) is 12.3. The van der Waals surface area contributed by atoms with E-state index in [0.717, 1.165) is 25.6 Å². The monoisotopic (exact) mass is 296 g/mol. The van der Waals surface area contributed by atoms with Crippen LogP contribution in [-0.2, 0) is 6.42 Å². The maximum absolute atomic E-state index is 3.55. The van der Waals surface area contributed by atoms with Crippen LogP contribution in [0, 0.1) is 6.92 Å². The Kier molecular flexibility index (Phi) is 4.60. The van der Waals surface area contributed by atoms with E-state index in [1.807, 2.05) is 0 Å². The third-order valence-electron chi connectivity index (χ3n) is 3.70. The first kappa shape index (κ1) is 13.1. The van der Waals surface area contributed by atoms with Gasteiger partial charge in [-0.2, -0.15) is 0 Å². The number of halogens is 1. The Morgan fingerprint density at radius 3 is 3.00 bits per heavy atom. The van der Waals surface area contributed by atoms with Gasteiger partial charge in [0.05, 0.1) is 0 Å². The lowest BCUT2D eigenvalue weighted by molar-refractivity contribution is 0.260. The molecule has 3 heteroatoms. The maximum atomic E-state index is 3.55. The van der Waals surface area contributed by atoms with Gasteiger partial charge in [-0.25, -0.2) is 0 Å². The molecule has 1 aliphatic rings. The topological polar surface area (TPSA) is 15.3 Å². The Morgan fingerprint density at radius 1 is 1.47 bits per heavy atom. The molecule has 1 saturated heterocycles. The fourth-order valence-corrected chi connectivity index (χ4v) is 2.81. The van der Waals surface area contributed by atoms with Crippen LogP contribution in [0.5, 0.6) is 0 Å². The van der Waals surface area contributed by atoms with Crippen LogP contribution >= 0.6 is 15.9 Å². The zero-order chi connectivity index (χ0) is 12.3. The van der Waals surface area contributed by atoms with Crippen molar-refractivity contribution >= 4 is 15.9 Å². The molecule has 17 heavy (non-hydrogen) atoms. The number of rotatable bonds is 4. The molecule has 0 saturated carbocycles. The van der Waals surface area contributed by atoms with Crippen molar-refractivity contribution in [3.05, 3.63) is 33.8 Å². The van der Waals surface area contributed by atoms with Crippen LogP contribution in [0.4, 0.5) is 0 Å². The van der Waals surface area contributed by atoms with Gasteiger partial charge in [0, 0.05) is 23.6 Å². The van der Waals surface area contributed by atoms with E-state index in [9.17, 15) is 0 Å². The van der Waals surface area contributed by atoms with Gasteiger partial charge in [0.2, 0.25) is 0 Å². The molecule has 0 amide bonds. The largest absolute Gasteiger partial charge is 0.315 e. The summed E-state index contributed by atoms with van der Waals surface area (Å²) >= 11 is 3.55. The number of nitrogens with one attached hydrogen (secondary N) is 1. The van der Waals surface area contributed by atoms with Crippen LogP contribution in [-0.4, -0.2) is 37.6 Å². The molecule has 0 aliphatic carbocycles. The van der Waals surface area contributed by atoms with E-state index in [2.05, 4.69) is 58.3 Å². The summed E-state index contributed by atoms with van der Waals surface area (Å²) in [6.45, 7) is 5.65. The average Bonchev–Trinajstić information content (AvgIpc) is 2.83. The van der Waals surface area contributed by atoms with Crippen LogP contribution < -0.4 is 5.32 Å². The van der Waals surface area contributed by atoms with Gasteiger partial charge in [-0.1, -0.05) is 22.0 Å². The van der Waals surface area contributed by atoms with Crippen molar-refractivity contribution in [2.24, 2.45) is 0 Å². The smallest absolute Gasteiger partial charge is 0.0229 e. The molecule has 1 aromatic rings. The first-order valence-corrected chi connectivity index (χ1v) is 7.12. The summed E-state index contributed by atoms with van der Waals surface area (Å²) in [7, 11) is 2.24. The lowest BCUT2D eigenvalue weighted by atomic mass is 10.1. The Morgan fingerprint density at radius 2 is 2.29 bits per heavy atom. The second kappa shape index (κ2) is 5.98. The van der Waals surface area contributed by atoms with Crippen molar-refractivity contribution in [2.45, 2.75) is 25.8 Å². The summed E-state index contributed by atoms with van der Waals surface area (Å²) in [5.41, 5.74) is 2.85. The minimum atomic E-state index is 0.724. The third kappa shape index (κ3) is 3.54. The van der Waals surface area contributed by atoms with Gasteiger partial charge in [-0.05, 0) is 56.6 Å². The highest BCUT2D eigenvalue weighted by atomic mass is 79.9. The fourth-order valence-electron chi connectivity index (χ4n) is 2.40. The lowest BCUT2D eigenvalue weighted by Gasteiger charge is -2.23. The quantitative estimate of drug-likeness (QED) is 0.919. The average molecular weight is 297 g/mol. The molecule has 0 radical (unpaired) electrons. The Bertz CT molecular complexity index is 372. The normalized spacial score (nSPS) is 20.1. The fraction of sp³-hybridized carbons (Fsp3) is 0.571. The Labute approximate surface area is 113 Å². The first-order valence-electron chi connectivity index (χ1n) is 6.33. The minimum Gasteiger partial charge on any atom is -0.315 e. The molecule has 2 nitrogen and oxygen atoms in total. The number of hydrogen-bond acceptors (Lipinski definition) is 2. The van der Waals surface area contributed by atoms with E-state index in [1.54, 1.807) is 0 Å². The van der Waals surface area contributed by atoms with Crippen molar-refractivity contribution in [1.82, 2.24) is 10.2 Å². The van der Waals surface area contributed by atoms with Crippen LogP contribution in [0.25, 0.3) is 0 Å². The molecule has 94 valence electrons. The second-order valence-electron chi connectivity index (χ2n) is 4.95. The molecule has 1 fully saturated rings. The van der Waals surface area contributed by atoms with E-state index in [1.165, 1.54) is 28.6 Å². The van der Waals surface area contributed by atoms with Crippen molar-refractivity contribution in [1.29, 1.82) is 0 Å². The molecule has 2 rings (SSSR count). The Hall–Kier alpha value is -0.380. The second-order valence-corrected chi connectivity index (χ2v) is 5.86. The molecule has 1 unspecified atom stereocenters. The number of benzene rings is 1. The Balaban J connectivity index is 1.90. The predicted molar refractivity (Wildman–Crippen MR) is 76.5 cm³/mol. The van der Waals surface area contributed by atoms with E-state index < -0.39 is 0 Å². The van der Waals surface area contributed by atoms with Gasteiger partial charge in [0.1, 0.15) is 0 Å². The third-order valence-corrected chi connectivity index (χ3v) is 4.20. The summed E-state index contributed by atoms with van der Waals surface area (Å²) in [6, 6.07) is 7.28. The molecule has 0 spiro atoms. The first-order chi connectivity index (χ1) is 8.16. The highest BCUT2D eigenvalue weighted by Crippen LogP contribution is 2.17. The SMILES string of the molecule is Cc1ccc(Br)cc1CCN(C)C1CCNC1. The van der Waals surface area contributed by atoms with Crippen LogP contribution in [0.1, 0.15) is 17.5 Å². The van der Waals surface area contributed by atoms with Crippen molar-refractivity contribution in [2.75, 3.05) is 26.7 Å². The summed E-state index contributed by atoms with van der Waals surface area (Å²) in [6.07, 6.45) is 2.42. The summed E-state index contributed by atoms with van der Waals surface area (Å²) in [5, 5.41) is 3.42. The minimum absolute atomic E-state index is 0.724. The highest BCUT2D eigenvalue weighted by Gasteiger charge is 2.18. The predicted octanol–water partition coefficient (Wildman–Crippen LogP) is 2.59. The van der Waals surface area contributed by atoms with E-state index in [-0.39, 0.29) is 0 Å². The summed E-state index contributed by atoms with van der Waals surface area (Å²) in [5.74, 6) is 0. The van der Waals surface area contributed by atoms with E-state index in [4.69, 9.17) is 0 Å². The standard InChI is InChI=1S/C14H21BrN2/c1-11-3-4-13(15)9-12(11)6-8-17(2)14-5-7-16-10-14/h3-4,9,14,16H,5-8,10H2,1-2H3. The van der Waals surface area contributed by atoms with Crippen LogP contribution in [0.15, 0.2) is 22.7 Å². The number of nitrogens with zero attached hydrogens (tertiary/aromatic N) is 1. The number of hydrogen-bond donors (Lipinski definition) is 1. The number of likely N-dealkylation sites (N-methyl/N-ethyl adjacent to an activating group) is 1. The van der Waals surface area contributed by atoms with Crippen molar-refractivity contribution in [3.8, 4) is 0 Å². The zero-order valence-electron chi connectivity index (χ0n) is 10.7. The van der Waals surface area contributed by atoms with E-state index in [0.29, 0.717) is 0 Å². The van der Waals surface area contributed by atoms with Gasteiger partial charge in [-0.3, -0.25) is 0 Å². The lowest BCUT2D eigenvalue weighted by Crippen LogP contribution is -2.34.